The van der Waals surface area contributed by atoms with E-state index in [1.165, 1.54) is 12.8 Å². The summed E-state index contributed by atoms with van der Waals surface area (Å²) in [5.41, 5.74) is 1.83. The molecule has 1 aliphatic rings. The number of hydrogen-bond donors (Lipinski definition) is 1. The lowest BCUT2D eigenvalue weighted by Gasteiger charge is -1.99. The Morgan fingerprint density at radius 2 is 2.29 bits per heavy atom. The molecule has 2 heterocycles. The molecule has 0 saturated heterocycles. The second kappa shape index (κ2) is 5.20. The summed E-state index contributed by atoms with van der Waals surface area (Å²) in [4.78, 5) is 5.17. The van der Waals surface area contributed by atoms with Crippen LogP contribution >= 0.6 is 22.7 Å². The van der Waals surface area contributed by atoms with E-state index in [1.807, 2.05) is 11.7 Å². The lowest BCUT2D eigenvalue weighted by molar-refractivity contribution is 0.643. The molecule has 90 valence electrons. The zero-order chi connectivity index (χ0) is 11.5. The average Bonchev–Trinajstić information content (AvgIpc) is 2.84. The lowest BCUT2D eigenvalue weighted by Crippen LogP contribution is -2.17. The van der Waals surface area contributed by atoms with Gasteiger partial charge in [0.2, 0.25) is 0 Å². The maximum Gasteiger partial charge on any atom is 0.159 e. The summed E-state index contributed by atoms with van der Waals surface area (Å²) in [6.45, 7) is 1.10. The predicted molar refractivity (Wildman–Crippen MR) is 70.4 cm³/mol. The normalized spacial score (nSPS) is 15.3. The molecule has 3 rings (SSSR count). The van der Waals surface area contributed by atoms with Crippen molar-refractivity contribution in [2.45, 2.75) is 31.7 Å². The van der Waals surface area contributed by atoms with Gasteiger partial charge in [-0.2, -0.15) is 0 Å². The quantitative estimate of drug-likeness (QED) is 0.815. The van der Waals surface area contributed by atoms with Gasteiger partial charge >= 0.3 is 0 Å². The summed E-state index contributed by atoms with van der Waals surface area (Å²) >= 11 is 3.30. The molecule has 0 bridgehead atoms. The molecular weight excluding hydrogens is 252 g/mol. The van der Waals surface area contributed by atoms with Crippen molar-refractivity contribution in [2.24, 2.45) is 0 Å². The first kappa shape index (κ1) is 11.3. The maximum absolute atomic E-state index is 4.22. The Hall–Kier alpha value is -0.850. The molecule has 0 spiro atoms. The minimum Gasteiger partial charge on any atom is -0.314 e. The van der Waals surface area contributed by atoms with E-state index in [0.29, 0.717) is 0 Å². The van der Waals surface area contributed by atoms with E-state index in [0.717, 1.165) is 40.3 Å². The van der Waals surface area contributed by atoms with Crippen molar-refractivity contribution < 1.29 is 0 Å². The van der Waals surface area contributed by atoms with Gasteiger partial charge in [0.05, 0.1) is 10.4 Å². The van der Waals surface area contributed by atoms with Crippen LogP contribution in [0.25, 0.3) is 9.88 Å². The summed E-state index contributed by atoms with van der Waals surface area (Å²) in [5, 5.41) is 14.1. The molecule has 1 fully saturated rings. The van der Waals surface area contributed by atoms with Gasteiger partial charge in [-0.15, -0.1) is 21.5 Å². The summed E-state index contributed by atoms with van der Waals surface area (Å²) < 4.78 is 0. The van der Waals surface area contributed by atoms with Crippen molar-refractivity contribution in [2.75, 3.05) is 6.54 Å². The zero-order valence-electron chi connectivity index (χ0n) is 9.43. The van der Waals surface area contributed by atoms with Gasteiger partial charge in [-0.05, 0) is 25.8 Å². The fourth-order valence-electron chi connectivity index (χ4n) is 1.61. The molecule has 4 nitrogen and oxygen atoms in total. The van der Waals surface area contributed by atoms with Crippen molar-refractivity contribution in [1.29, 1.82) is 0 Å². The molecule has 2 aromatic heterocycles. The Labute approximate surface area is 108 Å². The first-order chi connectivity index (χ1) is 8.42. The molecule has 1 aliphatic carbocycles. The first-order valence-corrected chi connectivity index (χ1v) is 7.56. The van der Waals surface area contributed by atoms with E-state index in [2.05, 4.69) is 20.5 Å². The van der Waals surface area contributed by atoms with Crippen LogP contribution in [0.3, 0.4) is 0 Å². The van der Waals surface area contributed by atoms with Crippen molar-refractivity contribution in [3.8, 4) is 9.88 Å². The molecule has 17 heavy (non-hydrogen) atoms. The Bertz CT molecular complexity index is 462. The van der Waals surface area contributed by atoms with Crippen LogP contribution in [-0.4, -0.2) is 27.8 Å². The van der Waals surface area contributed by atoms with Gasteiger partial charge in [0.1, 0.15) is 5.01 Å². The fraction of sp³-hybridized carbons (Fsp3) is 0.545. The minimum absolute atomic E-state index is 0.803. The Morgan fingerprint density at radius 1 is 1.35 bits per heavy atom. The molecule has 1 N–H and O–H groups in total. The summed E-state index contributed by atoms with van der Waals surface area (Å²) in [7, 11) is 0. The number of aryl methyl sites for hydroxylation is 1. The topological polar surface area (TPSA) is 50.7 Å². The van der Waals surface area contributed by atoms with Gasteiger partial charge in [0.25, 0.3) is 0 Å². The second-order valence-corrected chi connectivity index (χ2v) is 6.15. The molecule has 0 unspecified atom stereocenters. The van der Waals surface area contributed by atoms with Gasteiger partial charge in [0, 0.05) is 18.7 Å². The largest absolute Gasteiger partial charge is 0.314 e. The van der Waals surface area contributed by atoms with Crippen molar-refractivity contribution in [3.63, 3.8) is 0 Å². The highest BCUT2D eigenvalue weighted by Crippen LogP contribution is 2.26. The fourth-order valence-corrected chi connectivity index (χ4v) is 3.16. The Morgan fingerprint density at radius 3 is 3.06 bits per heavy atom. The van der Waals surface area contributed by atoms with Crippen LogP contribution in [0.2, 0.25) is 0 Å². The Balaban J connectivity index is 1.50. The smallest absolute Gasteiger partial charge is 0.159 e. The van der Waals surface area contributed by atoms with Crippen LogP contribution in [0.4, 0.5) is 0 Å². The van der Waals surface area contributed by atoms with E-state index >= 15 is 0 Å². The van der Waals surface area contributed by atoms with Crippen molar-refractivity contribution >= 4 is 22.7 Å². The number of aromatic nitrogens is 3. The van der Waals surface area contributed by atoms with E-state index < -0.39 is 0 Å². The standard InChI is InChI=1S/C11H14N4S2/c1(5-13-8-3-4-8)2-10-14-15-11(17-10)9-6-12-7-16-9/h6-8,13H,1-5H2. The number of nitrogens with one attached hydrogen (secondary N) is 1. The monoisotopic (exact) mass is 266 g/mol. The third-order valence-electron chi connectivity index (χ3n) is 2.69. The van der Waals surface area contributed by atoms with E-state index in [9.17, 15) is 0 Å². The third kappa shape index (κ3) is 3.08. The highest BCUT2D eigenvalue weighted by Gasteiger charge is 2.19. The molecule has 6 heteroatoms. The van der Waals surface area contributed by atoms with Crippen LogP contribution in [0.5, 0.6) is 0 Å². The number of nitrogens with zero attached hydrogens (tertiary/aromatic N) is 3. The third-order valence-corrected chi connectivity index (χ3v) is 4.61. The van der Waals surface area contributed by atoms with Gasteiger partial charge < -0.3 is 5.32 Å². The highest BCUT2D eigenvalue weighted by atomic mass is 32.1. The molecule has 0 atom stereocenters. The molecule has 0 amide bonds. The Kier molecular flexibility index (Phi) is 3.44. The van der Waals surface area contributed by atoms with Crippen molar-refractivity contribution in [1.82, 2.24) is 20.5 Å². The SMILES string of the molecule is c1ncc(-c2nnc(CCCNC3CC3)s2)s1. The van der Waals surface area contributed by atoms with Gasteiger partial charge in [-0.3, -0.25) is 4.98 Å². The molecule has 0 aromatic carbocycles. The highest BCUT2D eigenvalue weighted by molar-refractivity contribution is 7.20. The molecule has 2 aromatic rings. The average molecular weight is 266 g/mol. The maximum atomic E-state index is 4.22. The van der Waals surface area contributed by atoms with E-state index in [-0.39, 0.29) is 0 Å². The first-order valence-electron chi connectivity index (χ1n) is 5.86. The van der Waals surface area contributed by atoms with Gasteiger partial charge in [-0.1, -0.05) is 11.3 Å². The van der Waals surface area contributed by atoms with Crippen LogP contribution < -0.4 is 5.32 Å². The zero-order valence-corrected chi connectivity index (χ0v) is 11.1. The molecular formula is C11H14N4S2. The van der Waals surface area contributed by atoms with E-state index in [4.69, 9.17) is 0 Å². The van der Waals surface area contributed by atoms with Crippen LogP contribution in [0.15, 0.2) is 11.7 Å². The predicted octanol–water partition coefficient (Wildman–Crippen LogP) is 2.35. The van der Waals surface area contributed by atoms with Gasteiger partial charge in [-0.25, -0.2) is 0 Å². The second-order valence-electron chi connectivity index (χ2n) is 4.20. The summed E-state index contributed by atoms with van der Waals surface area (Å²) in [6, 6.07) is 0.803. The van der Waals surface area contributed by atoms with Crippen LogP contribution in [0, 0.1) is 0 Å². The van der Waals surface area contributed by atoms with Crippen LogP contribution in [0.1, 0.15) is 24.3 Å². The number of thiazole rings is 1. The summed E-state index contributed by atoms with van der Waals surface area (Å²) in [5.74, 6) is 0. The van der Waals surface area contributed by atoms with E-state index in [1.54, 1.807) is 22.7 Å². The van der Waals surface area contributed by atoms with Crippen LogP contribution in [-0.2, 0) is 6.42 Å². The number of hydrogen-bond acceptors (Lipinski definition) is 6. The summed E-state index contributed by atoms with van der Waals surface area (Å²) in [6.07, 6.45) is 6.73. The van der Waals surface area contributed by atoms with Crippen molar-refractivity contribution in [3.05, 3.63) is 16.7 Å². The van der Waals surface area contributed by atoms with Gasteiger partial charge in [0.15, 0.2) is 5.01 Å². The minimum atomic E-state index is 0.803. The number of rotatable bonds is 6. The molecule has 0 radical (unpaired) electrons. The molecule has 1 saturated carbocycles. The molecule has 0 aliphatic heterocycles. The lowest BCUT2D eigenvalue weighted by atomic mass is 10.3.